The summed E-state index contributed by atoms with van der Waals surface area (Å²) in [6.07, 6.45) is 1.19. The van der Waals surface area contributed by atoms with Crippen LogP contribution in [0.25, 0.3) is 11.5 Å². The number of carbonyl (C=O) groups is 1. The maximum atomic E-state index is 12.4. The van der Waals surface area contributed by atoms with Crippen molar-refractivity contribution in [1.82, 2.24) is 10.2 Å². The molecule has 0 fully saturated rings. The van der Waals surface area contributed by atoms with Gasteiger partial charge in [0.1, 0.15) is 5.75 Å². The summed E-state index contributed by atoms with van der Waals surface area (Å²) < 4.78 is 34.3. The van der Waals surface area contributed by atoms with Crippen molar-refractivity contribution < 1.29 is 22.7 Å². The third-order valence-corrected chi connectivity index (χ3v) is 3.08. The van der Waals surface area contributed by atoms with Gasteiger partial charge in [-0.25, -0.2) is 0 Å². The second-order valence-electron chi connectivity index (χ2n) is 4.65. The highest BCUT2D eigenvalue weighted by atomic mass is 19.3. The lowest BCUT2D eigenvalue weighted by Crippen LogP contribution is -2.15. The zero-order valence-electron chi connectivity index (χ0n) is 12.1. The number of rotatable bonds is 5. The minimum absolute atomic E-state index is 0.000920. The van der Waals surface area contributed by atoms with E-state index in [2.05, 4.69) is 20.3 Å². The summed E-state index contributed by atoms with van der Waals surface area (Å²) in [5.74, 6) is -0.473. The third kappa shape index (κ3) is 3.54. The molecule has 8 heteroatoms. The number of benzene rings is 2. The molecular formula is C16H11F2N3O3. The highest BCUT2D eigenvalue weighted by Crippen LogP contribution is 2.24. The summed E-state index contributed by atoms with van der Waals surface area (Å²) in [6, 6.07) is 12.5. The van der Waals surface area contributed by atoms with Gasteiger partial charge < -0.3 is 14.5 Å². The molecule has 0 aliphatic rings. The van der Waals surface area contributed by atoms with Gasteiger partial charge in [0.2, 0.25) is 12.3 Å². The van der Waals surface area contributed by atoms with Gasteiger partial charge in [-0.05, 0) is 30.3 Å². The Morgan fingerprint density at radius 1 is 1.17 bits per heavy atom. The number of aromatic nitrogens is 2. The van der Waals surface area contributed by atoms with Gasteiger partial charge in [0.05, 0.1) is 5.56 Å². The van der Waals surface area contributed by atoms with E-state index in [1.54, 1.807) is 30.3 Å². The van der Waals surface area contributed by atoms with Gasteiger partial charge in [0.15, 0.2) is 0 Å². The molecule has 0 atom stereocenters. The molecule has 0 saturated carbocycles. The van der Waals surface area contributed by atoms with Gasteiger partial charge in [-0.2, -0.15) is 8.78 Å². The number of alkyl halides is 2. The molecular weight excluding hydrogens is 320 g/mol. The number of nitrogens with zero attached hydrogens (tertiary/aromatic N) is 2. The smallest absolute Gasteiger partial charge is 0.387 e. The van der Waals surface area contributed by atoms with Crippen LogP contribution in [0, 0.1) is 0 Å². The molecule has 0 spiro atoms. The average Bonchev–Trinajstić information content (AvgIpc) is 3.09. The quantitative estimate of drug-likeness (QED) is 0.773. The molecule has 2 aromatic carbocycles. The van der Waals surface area contributed by atoms with E-state index in [0.29, 0.717) is 17.1 Å². The largest absolute Gasteiger partial charge is 0.434 e. The second kappa shape index (κ2) is 6.86. The second-order valence-corrected chi connectivity index (χ2v) is 4.65. The zero-order chi connectivity index (χ0) is 16.9. The topological polar surface area (TPSA) is 77.3 Å². The first-order valence-electron chi connectivity index (χ1n) is 6.85. The summed E-state index contributed by atoms with van der Waals surface area (Å²) in [7, 11) is 0. The molecule has 0 saturated heterocycles. The molecule has 0 bridgehead atoms. The number of amides is 1. The highest BCUT2D eigenvalue weighted by Gasteiger charge is 2.16. The first-order valence-corrected chi connectivity index (χ1v) is 6.85. The Morgan fingerprint density at radius 2 is 2.00 bits per heavy atom. The molecule has 1 heterocycles. The maximum Gasteiger partial charge on any atom is 0.387 e. The number of anilines is 1. The van der Waals surface area contributed by atoms with E-state index in [1.807, 2.05) is 0 Å². The Bertz CT molecular complexity index is 838. The fourth-order valence-corrected chi connectivity index (χ4v) is 2.08. The van der Waals surface area contributed by atoms with Gasteiger partial charge in [0, 0.05) is 11.3 Å². The number of nitrogens with one attached hydrogen (secondary N) is 1. The molecule has 0 aliphatic heterocycles. The van der Waals surface area contributed by atoms with Crippen LogP contribution in [-0.2, 0) is 0 Å². The van der Waals surface area contributed by atoms with E-state index in [1.165, 1.54) is 24.6 Å². The van der Waals surface area contributed by atoms with E-state index < -0.39 is 12.5 Å². The fraction of sp³-hybridized carbons (Fsp3) is 0.0625. The highest BCUT2D eigenvalue weighted by molar-refractivity contribution is 6.06. The van der Waals surface area contributed by atoms with Crippen LogP contribution in [-0.4, -0.2) is 22.7 Å². The number of hydrogen-bond donors (Lipinski definition) is 1. The van der Waals surface area contributed by atoms with Crippen LogP contribution in [0.4, 0.5) is 14.5 Å². The number of hydrogen-bond acceptors (Lipinski definition) is 5. The van der Waals surface area contributed by atoms with Crippen molar-refractivity contribution in [3.05, 3.63) is 60.5 Å². The summed E-state index contributed by atoms with van der Waals surface area (Å²) in [5.41, 5.74) is 1.06. The Labute approximate surface area is 135 Å². The van der Waals surface area contributed by atoms with Crippen LogP contribution >= 0.6 is 0 Å². The lowest BCUT2D eigenvalue weighted by molar-refractivity contribution is -0.0501. The monoisotopic (exact) mass is 331 g/mol. The summed E-state index contributed by atoms with van der Waals surface area (Å²) in [6.45, 7) is -3.01. The maximum absolute atomic E-state index is 12.4. The van der Waals surface area contributed by atoms with E-state index in [9.17, 15) is 13.6 Å². The molecule has 24 heavy (non-hydrogen) atoms. The van der Waals surface area contributed by atoms with Crippen molar-refractivity contribution in [2.75, 3.05) is 5.32 Å². The van der Waals surface area contributed by atoms with Gasteiger partial charge in [-0.15, -0.1) is 10.2 Å². The van der Waals surface area contributed by atoms with Crippen LogP contribution in [0.15, 0.2) is 59.3 Å². The standard InChI is InChI=1S/C16H11F2N3O3/c17-16(18)24-13-7-2-1-6-12(13)14(22)20-11-5-3-4-10(8-11)15-21-19-9-23-15/h1-9,16H,(H,20,22). The zero-order valence-corrected chi connectivity index (χ0v) is 12.1. The Hall–Kier alpha value is -3.29. The first kappa shape index (κ1) is 15.6. The molecule has 1 amide bonds. The van der Waals surface area contributed by atoms with Crippen LogP contribution in [0.2, 0.25) is 0 Å². The van der Waals surface area contributed by atoms with Crippen LogP contribution in [0.1, 0.15) is 10.4 Å². The van der Waals surface area contributed by atoms with E-state index >= 15 is 0 Å². The van der Waals surface area contributed by atoms with E-state index in [-0.39, 0.29) is 11.3 Å². The molecule has 0 unspecified atom stereocenters. The lowest BCUT2D eigenvalue weighted by atomic mass is 10.1. The van der Waals surface area contributed by atoms with Crippen molar-refractivity contribution in [2.24, 2.45) is 0 Å². The molecule has 3 rings (SSSR count). The van der Waals surface area contributed by atoms with Crippen molar-refractivity contribution in [2.45, 2.75) is 6.61 Å². The van der Waals surface area contributed by atoms with Crippen molar-refractivity contribution in [3.63, 3.8) is 0 Å². The van der Waals surface area contributed by atoms with Gasteiger partial charge in [-0.3, -0.25) is 4.79 Å². The SMILES string of the molecule is O=C(Nc1cccc(-c2nnco2)c1)c1ccccc1OC(F)F. The first-order chi connectivity index (χ1) is 11.6. The van der Waals surface area contributed by atoms with E-state index in [4.69, 9.17) is 4.42 Å². The van der Waals surface area contributed by atoms with Crippen molar-refractivity contribution >= 4 is 11.6 Å². The minimum Gasteiger partial charge on any atom is -0.434 e. The van der Waals surface area contributed by atoms with Crippen molar-refractivity contribution in [3.8, 4) is 17.2 Å². The molecule has 6 nitrogen and oxygen atoms in total. The van der Waals surface area contributed by atoms with Crippen molar-refractivity contribution in [1.29, 1.82) is 0 Å². The van der Waals surface area contributed by atoms with Gasteiger partial charge in [-0.1, -0.05) is 18.2 Å². The normalized spacial score (nSPS) is 10.6. The molecule has 0 aliphatic carbocycles. The fourth-order valence-electron chi connectivity index (χ4n) is 2.08. The molecule has 1 N–H and O–H groups in total. The predicted molar refractivity (Wildman–Crippen MR) is 80.8 cm³/mol. The van der Waals surface area contributed by atoms with E-state index in [0.717, 1.165) is 0 Å². The molecule has 3 aromatic rings. The Morgan fingerprint density at radius 3 is 2.75 bits per heavy atom. The third-order valence-electron chi connectivity index (χ3n) is 3.08. The minimum atomic E-state index is -3.01. The number of carbonyl (C=O) groups excluding carboxylic acids is 1. The molecule has 122 valence electrons. The summed E-state index contributed by atoms with van der Waals surface area (Å²) in [5, 5.41) is 9.98. The Kier molecular flexibility index (Phi) is 4.46. The number of ether oxygens (including phenoxy) is 1. The van der Waals surface area contributed by atoms with Crippen LogP contribution in [0.3, 0.4) is 0 Å². The summed E-state index contributed by atoms with van der Waals surface area (Å²) in [4.78, 5) is 12.3. The molecule has 0 radical (unpaired) electrons. The average molecular weight is 331 g/mol. The summed E-state index contributed by atoms with van der Waals surface area (Å²) >= 11 is 0. The van der Waals surface area contributed by atoms with Gasteiger partial charge in [0.25, 0.3) is 5.91 Å². The Balaban J connectivity index is 1.82. The van der Waals surface area contributed by atoms with Crippen LogP contribution < -0.4 is 10.1 Å². The predicted octanol–water partition coefficient (Wildman–Crippen LogP) is 3.59. The number of halogens is 2. The van der Waals surface area contributed by atoms with Gasteiger partial charge >= 0.3 is 6.61 Å². The van der Waals surface area contributed by atoms with Crippen LogP contribution in [0.5, 0.6) is 5.75 Å². The lowest BCUT2D eigenvalue weighted by Gasteiger charge is -2.11. The molecule has 1 aromatic heterocycles. The number of para-hydroxylation sites is 1.